The van der Waals surface area contributed by atoms with Crippen molar-refractivity contribution in [3.8, 4) is 0 Å². The van der Waals surface area contributed by atoms with Gasteiger partial charge in [0.15, 0.2) is 0 Å². The van der Waals surface area contributed by atoms with Crippen molar-refractivity contribution in [2.24, 2.45) is 0 Å². The molecule has 0 unspecified atom stereocenters. The highest BCUT2D eigenvalue weighted by molar-refractivity contribution is 5.94. The van der Waals surface area contributed by atoms with Crippen LogP contribution in [-0.2, 0) is 13.0 Å². The van der Waals surface area contributed by atoms with Gasteiger partial charge in [0.1, 0.15) is 11.6 Å². The van der Waals surface area contributed by atoms with E-state index in [9.17, 15) is 9.18 Å². The fraction of sp³-hybridized carbons (Fsp3) is 0.600. The number of halogens is 1. The first-order valence-corrected chi connectivity index (χ1v) is 16.2. The van der Waals surface area contributed by atoms with Crippen molar-refractivity contribution in [2.45, 2.75) is 129 Å². The highest BCUT2D eigenvalue weighted by Gasteiger charge is 2.12. The Balaban J connectivity index is 1.28. The molecule has 0 aliphatic carbocycles. The van der Waals surface area contributed by atoms with Gasteiger partial charge in [-0.2, -0.15) is 0 Å². The third-order valence-corrected chi connectivity index (χ3v) is 7.95. The summed E-state index contributed by atoms with van der Waals surface area (Å²) in [5.74, 6) is 0.225. The van der Waals surface area contributed by atoms with E-state index in [-0.39, 0.29) is 11.5 Å². The lowest BCUT2D eigenvalue weighted by atomic mass is 10.0. The van der Waals surface area contributed by atoms with Crippen LogP contribution in [0.4, 0.5) is 4.39 Å². The van der Waals surface area contributed by atoms with Crippen molar-refractivity contribution in [3.63, 3.8) is 0 Å². The van der Waals surface area contributed by atoms with Crippen LogP contribution in [0, 0.1) is 5.82 Å². The van der Waals surface area contributed by atoms with E-state index >= 15 is 0 Å². The molecule has 4 nitrogen and oxygen atoms in total. The summed E-state index contributed by atoms with van der Waals surface area (Å²) in [6.07, 6.45) is 23.5. The summed E-state index contributed by atoms with van der Waals surface area (Å²) >= 11 is 0. The molecule has 0 atom stereocenters. The lowest BCUT2D eigenvalue weighted by molar-refractivity contribution is 0.0949. The second kappa shape index (κ2) is 19.4. The Morgan fingerprint density at radius 1 is 0.725 bits per heavy atom. The Labute approximate surface area is 242 Å². The van der Waals surface area contributed by atoms with Crippen molar-refractivity contribution in [1.82, 2.24) is 14.9 Å². The maximum Gasteiger partial charge on any atom is 0.254 e. The van der Waals surface area contributed by atoms with Gasteiger partial charge >= 0.3 is 0 Å². The summed E-state index contributed by atoms with van der Waals surface area (Å²) in [6.45, 7) is 3.76. The minimum absolute atomic E-state index is 0.0956. The number of imidazole rings is 1. The van der Waals surface area contributed by atoms with Crippen LogP contribution in [-0.4, -0.2) is 22.0 Å². The molecule has 1 N–H and O–H groups in total. The molecule has 0 fully saturated rings. The second-order valence-corrected chi connectivity index (χ2v) is 11.3. The van der Waals surface area contributed by atoms with Crippen LogP contribution < -0.4 is 5.32 Å². The molecule has 2 aromatic carbocycles. The van der Waals surface area contributed by atoms with Crippen molar-refractivity contribution >= 4 is 16.9 Å². The number of carbonyl (C=O) groups excluding carboxylic acids is 1. The quantitative estimate of drug-likeness (QED) is 0.127. The Bertz CT molecular complexity index is 1110. The molecule has 5 heteroatoms. The average Bonchev–Trinajstić information content (AvgIpc) is 3.32. The first-order chi connectivity index (χ1) is 19.7. The zero-order chi connectivity index (χ0) is 28.3. The number of nitrogens with zero attached hydrogens (tertiary/aromatic N) is 2. The number of benzene rings is 2. The predicted molar refractivity (Wildman–Crippen MR) is 166 cm³/mol. The third kappa shape index (κ3) is 11.4. The van der Waals surface area contributed by atoms with Crippen LogP contribution >= 0.6 is 0 Å². The molecule has 3 rings (SSSR count). The van der Waals surface area contributed by atoms with E-state index in [0.29, 0.717) is 6.54 Å². The minimum Gasteiger partial charge on any atom is -0.352 e. The molecular weight excluding hydrogens is 497 g/mol. The van der Waals surface area contributed by atoms with Gasteiger partial charge in [0.25, 0.3) is 5.91 Å². The van der Waals surface area contributed by atoms with Crippen molar-refractivity contribution < 1.29 is 9.18 Å². The Kier molecular flexibility index (Phi) is 15.4. The Hall–Kier alpha value is -2.69. The number of unbranched alkanes of at least 4 members (excludes halogenated alkanes) is 15. The second-order valence-electron chi connectivity index (χ2n) is 11.3. The zero-order valence-corrected chi connectivity index (χ0v) is 24.9. The van der Waals surface area contributed by atoms with Crippen molar-refractivity contribution in [1.29, 1.82) is 0 Å². The number of fused-ring (bicyclic) bond motifs is 1. The number of nitrogens with one attached hydrogen (secondary N) is 1. The number of hydrogen-bond acceptors (Lipinski definition) is 2. The van der Waals surface area contributed by atoms with E-state index < -0.39 is 5.82 Å². The SMILES string of the molecule is CCCCCCCCCCCCCCCCCCn1c(CCCNC(=O)c2ccccc2F)nc2ccccc21. The van der Waals surface area contributed by atoms with Crippen LogP contribution in [0.2, 0.25) is 0 Å². The maximum atomic E-state index is 13.9. The number of para-hydroxylation sites is 2. The molecule has 220 valence electrons. The third-order valence-electron chi connectivity index (χ3n) is 7.95. The molecule has 1 aromatic heterocycles. The first kappa shape index (κ1) is 31.8. The Morgan fingerprint density at radius 3 is 1.90 bits per heavy atom. The van der Waals surface area contributed by atoms with E-state index in [4.69, 9.17) is 4.98 Å². The summed E-state index contributed by atoms with van der Waals surface area (Å²) in [7, 11) is 0. The number of rotatable bonds is 22. The van der Waals surface area contributed by atoms with Crippen LogP contribution in [0.1, 0.15) is 132 Å². The largest absolute Gasteiger partial charge is 0.352 e. The van der Waals surface area contributed by atoms with Gasteiger partial charge in [-0.15, -0.1) is 0 Å². The molecule has 0 saturated heterocycles. The van der Waals surface area contributed by atoms with Gasteiger partial charge in [0, 0.05) is 19.5 Å². The highest BCUT2D eigenvalue weighted by atomic mass is 19.1. The lowest BCUT2D eigenvalue weighted by Crippen LogP contribution is -2.25. The van der Waals surface area contributed by atoms with E-state index in [1.807, 2.05) is 6.07 Å². The monoisotopic (exact) mass is 549 g/mol. The van der Waals surface area contributed by atoms with Gasteiger partial charge in [-0.25, -0.2) is 9.37 Å². The van der Waals surface area contributed by atoms with Gasteiger partial charge in [-0.1, -0.05) is 128 Å². The van der Waals surface area contributed by atoms with E-state index in [2.05, 4.69) is 35.0 Å². The van der Waals surface area contributed by atoms with Crippen LogP contribution in [0.5, 0.6) is 0 Å². The van der Waals surface area contributed by atoms with E-state index in [0.717, 1.165) is 37.1 Å². The zero-order valence-electron chi connectivity index (χ0n) is 24.9. The fourth-order valence-electron chi connectivity index (χ4n) is 5.57. The standard InChI is InChI=1S/C35H52FN3O/c1-2-3-4-5-6-7-8-9-10-11-12-13-14-15-16-21-29-39-33-26-20-19-25-32(33)38-34(39)27-22-28-37-35(40)30-23-17-18-24-31(30)36/h17-20,23-26H,2-16,21-22,27-29H2,1H3,(H,37,40). The maximum absolute atomic E-state index is 13.9. The number of aromatic nitrogens is 2. The molecule has 1 amide bonds. The fourth-order valence-corrected chi connectivity index (χ4v) is 5.57. The van der Waals surface area contributed by atoms with E-state index in [1.165, 1.54) is 114 Å². The minimum atomic E-state index is -0.486. The van der Waals surface area contributed by atoms with E-state index in [1.54, 1.807) is 12.1 Å². The molecule has 0 aliphatic heterocycles. The molecule has 40 heavy (non-hydrogen) atoms. The predicted octanol–water partition coefficient (Wildman–Crippen LogP) is 9.80. The highest BCUT2D eigenvalue weighted by Crippen LogP contribution is 2.19. The smallest absolute Gasteiger partial charge is 0.254 e. The summed E-state index contributed by atoms with van der Waals surface area (Å²) in [6, 6.07) is 14.4. The topological polar surface area (TPSA) is 46.9 Å². The first-order valence-electron chi connectivity index (χ1n) is 16.2. The molecule has 3 aromatic rings. The molecule has 0 bridgehead atoms. The van der Waals surface area contributed by atoms with Gasteiger partial charge in [-0.05, 0) is 37.1 Å². The summed E-state index contributed by atoms with van der Waals surface area (Å²) in [5, 5.41) is 2.85. The van der Waals surface area contributed by atoms with Crippen molar-refractivity contribution in [3.05, 3.63) is 65.7 Å². The number of amides is 1. The van der Waals surface area contributed by atoms with Crippen molar-refractivity contribution in [2.75, 3.05) is 6.54 Å². The average molecular weight is 550 g/mol. The molecule has 1 heterocycles. The summed E-state index contributed by atoms with van der Waals surface area (Å²) in [5.41, 5.74) is 2.32. The number of aryl methyl sites for hydroxylation is 2. The number of carbonyl (C=O) groups is 1. The number of hydrogen-bond donors (Lipinski definition) is 1. The molecule has 0 spiro atoms. The Morgan fingerprint density at radius 2 is 1.27 bits per heavy atom. The lowest BCUT2D eigenvalue weighted by Gasteiger charge is -2.10. The van der Waals surface area contributed by atoms with Crippen LogP contribution in [0.15, 0.2) is 48.5 Å². The molecular formula is C35H52FN3O. The van der Waals surface area contributed by atoms with Gasteiger partial charge < -0.3 is 9.88 Å². The molecule has 0 radical (unpaired) electrons. The van der Waals surface area contributed by atoms with Crippen LogP contribution in [0.3, 0.4) is 0 Å². The van der Waals surface area contributed by atoms with Gasteiger partial charge in [0.2, 0.25) is 0 Å². The summed E-state index contributed by atoms with van der Waals surface area (Å²) in [4.78, 5) is 17.2. The molecule has 0 saturated carbocycles. The summed E-state index contributed by atoms with van der Waals surface area (Å²) < 4.78 is 16.2. The van der Waals surface area contributed by atoms with Crippen LogP contribution in [0.25, 0.3) is 11.0 Å². The normalized spacial score (nSPS) is 11.3. The van der Waals surface area contributed by atoms with Gasteiger partial charge in [-0.3, -0.25) is 4.79 Å². The van der Waals surface area contributed by atoms with Gasteiger partial charge in [0.05, 0.1) is 16.6 Å². The molecule has 0 aliphatic rings.